The van der Waals surface area contributed by atoms with Gasteiger partial charge in [0.15, 0.2) is 5.13 Å². The molecule has 1 saturated heterocycles. The Balaban J connectivity index is 1.23. The van der Waals surface area contributed by atoms with Gasteiger partial charge in [-0.3, -0.25) is 14.3 Å². The van der Waals surface area contributed by atoms with Gasteiger partial charge in [0.25, 0.3) is 10.0 Å². The Morgan fingerprint density at radius 1 is 1.11 bits per heavy atom. The standard InChI is InChI=1S/C23H20ClN5O4S2/c24-17-1-6-20-16(13-17)7-9-27(20)14-21(30)28-10-11-29(22(31)15-28)18-2-4-19(5-3-18)35(32,33)26-23-25-8-12-34-23/h1-9,12-13H,10-11,14-15H2,(H,25,26). The number of nitrogens with zero attached hydrogens (tertiary/aromatic N) is 4. The molecule has 1 aliphatic rings. The number of halogens is 1. The topological polar surface area (TPSA) is 105 Å². The fraction of sp³-hybridized carbons (Fsp3) is 0.174. The number of hydrogen-bond acceptors (Lipinski definition) is 6. The quantitative estimate of drug-likeness (QED) is 0.412. The van der Waals surface area contributed by atoms with Crippen LogP contribution in [0.5, 0.6) is 0 Å². The number of aromatic nitrogens is 2. The lowest BCUT2D eigenvalue weighted by Crippen LogP contribution is -2.53. The molecule has 3 heterocycles. The lowest BCUT2D eigenvalue weighted by atomic mass is 10.2. The molecule has 4 aromatic rings. The maximum absolute atomic E-state index is 12.9. The van der Waals surface area contributed by atoms with Crippen LogP contribution in [0.3, 0.4) is 0 Å². The average Bonchev–Trinajstić information content (AvgIpc) is 3.48. The van der Waals surface area contributed by atoms with E-state index in [2.05, 4.69) is 9.71 Å². The Labute approximate surface area is 210 Å². The first-order valence-corrected chi connectivity index (χ1v) is 13.4. The normalized spacial score (nSPS) is 14.5. The van der Waals surface area contributed by atoms with Gasteiger partial charge in [-0.05, 0) is 48.5 Å². The van der Waals surface area contributed by atoms with Crippen molar-refractivity contribution < 1.29 is 18.0 Å². The van der Waals surface area contributed by atoms with Gasteiger partial charge < -0.3 is 14.4 Å². The largest absolute Gasteiger partial charge is 0.338 e. The van der Waals surface area contributed by atoms with E-state index in [1.54, 1.807) is 28.5 Å². The van der Waals surface area contributed by atoms with E-state index in [0.717, 1.165) is 10.9 Å². The minimum atomic E-state index is -3.78. The highest BCUT2D eigenvalue weighted by molar-refractivity contribution is 7.93. The number of fused-ring (bicyclic) bond motifs is 1. The second kappa shape index (κ2) is 9.33. The molecule has 1 aliphatic heterocycles. The van der Waals surface area contributed by atoms with Crippen LogP contribution in [0.1, 0.15) is 0 Å². The van der Waals surface area contributed by atoms with Crippen molar-refractivity contribution in [1.29, 1.82) is 0 Å². The lowest BCUT2D eigenvalue weighted by molar-refractivity contribution is -0.137. The van der Waals surface area contributed by atoms with Crippen molar-refractivity contribution >= 4 is 66.5 Å². The first-order chi connectivity index (χ1) is 16.8. The Morgan fingerprint density at radius 3 is 2.63 bits per heavy atom. The molecule has 12 heteroatoms. The van der Waals surface area contributed by atoms with Gasteiger partial charge in [0.05, 0.1) is 4.90 Å². The molecule has 0 atom stereocenters. The summed E-state index contributed by atoms with van der Waals surface area (Å²) in [5.74, 6) is -0.384. The predicted molar refractivity (Wildman–Crippen MR) is 135 cm³/mol. The van der Waals surface area contributed by atoms with Gasteiger partial charge >= 0.3 is 0 Å². The van der Waals surface area contributed by atoms with Crippen LogP contribution in [0, 0.1) is 0 Å². The van der Waals surface area contributed by atoms with Gasteiger partial charge in [0, 0.05) is 52.5 Å². The molecule has 1 fully saturated rings. The Bertz CT molecular complexity index is 1500. The summed E-state index contributed by atoms with van der Waals surface area (Å²) in [6.45, 7) is 0.768. The number of carbonyl (C=O) groups excluding carboxylic acids is 2. The van der Waals surface area contributed by atoms with Crippen LogP contribution in [-0.2, 0) is 26.2 Å². The van der Waals surface area contributed by atoms with Crippen molar-refractivity contribution in [3.8, 4) is 0 Å². The number of amides is 2. The average molecular weight is 530 g/mol. The SMILES string of the molecule is O=C(Cn1ccc2cc(Cl)ccc21)N1CCN(c2ccc(S(=O)(=O)Nc3nccs3)cc2)C(=O)C1. The first-order valence-electron chi connectivity index (χ1n) is 10.6. The number of benzene rings is 2. The minimum Gasteiger partial charge on any atom is -0.338 e. The van der Waals surface area contributed by atoms with Crippen molar-refractivity contribution in [3.63, 3.8) is 0 Å². The molecule has 0 saturated carbocycles. The van der Waals surface area contributed by atoms with Crippen molar-refractivity contribution in [3.05, 3.63) is 71.3 Å². The van der Waals surface area contributed by atoms with Crippen LogP contribution in [-0.4, -0.2) is 54.3 Å². The summed E-state index contributed by atoms with van der Waals surface area (Å²) in [5, 5.41) is 3.53. The predicted octanol–water partition coefficient (Wildman–Crippen LogP) is 3.43. The highest BCUT2D eigenvalue weighted by Gasteiger charge is 2.28. The van der Waals surface area contributed by atoms with Crippen LogP contribution in [0.25, 0.3) is 10.9 Å². The third-order valence-corrected chi connectivity index (χ3v) is 8.13. The second-order valence-electron chi connectivity index (χ2n) is 7.94. The maximum atomic E-state index is 12.9. The van der Waals surface area contributed by atoms with Gasteiger partial charge in [-0.2, -0.15) is 0 Å². The summed E-state index contributed by atoms with van der Waals surface area (Å²) >= 11 is 7.22. The van der Waals surface area contributed by atoms with E-state index in [9.17, 15) is 18.0 Å². The van der Waals surface area contributed by atoms with E-state index >= 15 is 0 Å². The van der Waals surface area contributed by atoms with Crippen LogP contribution >= 0.6 is 22.9 Å². The Kier molecular flexibility index (Phi) is 6.22. The number of rotatable bonds is 6. The number of sulfonamides is 1. The molecular formula is C23H20ClN5O4S2. The zero-order valence-electron chi connectivity index (χ0n) is 18.3. The van der Waals surface area contributed by atoms with Gasteiger partial charge in [-0.15, -0.1) is 11.3 Å². The van der Waals surface area contributed by atoms with Gasteiger partial charge in [-0.25, -0.2) is 13.4 Å². The molecule has 2 aromatic heterocycles. The molecule has 0 bridgehead atoms. The molecule has 2 amide bonds. The summed E-state index contributed by atoms with van der Waals surface area (Å²) in [4.78, 5) is 32.8. The van der Waals surface area contributed by atoms with Gasteiger partial charge in [-0.1, -0.05) is 11.6 Å². The van der Waals surface area contributed by atoms with Gasteiger partial charge in [0.1, 0.15) is 13.1 Å². The highest BCUT2D eigenvalue weighted by Crippen LogP contribution is 2.24. The molecule has 0 spiro atoms. The van der Waals surface area contributed by atoms with Crippen molar-refractivity contribution in [2.45, 2.75) is 11.4 Å². The smallest absolute Gasteiger partial charge is 0.263 e. The molecule has 5 rings (SSSR count). The van der Waals surface area contributed by atoms with Crippen LogP contribution in [0.15, 0.2) is 71.2 Å². The van der Waals surface area contributed by atoms with E-state index < -0.39 is 10.0 Å². The highest BCUT2D eigenvalue weighted by atomic mass is 35.5. The third-order valence-electron chi connectivity index (χ3n) is 5.72. The summed E-state index contributed by atoms with van der Waals surface area (Å²) in [7, 11) is -3.78. The molecule has 0 unspecified atom stereocenters. The molecule has 2 aromatic carbocycles. The summed E-state index contributed by atoms with van der Waals surface area (Å²) < 4.78 is 29.3. The number of hydrogen-bond donors (Lipinski definition) is 1. The van der Waals surface area contributed by atoms with E-state index in [4.69, 9.17) is 11.6 Å². The number of piperazine rings is 1. The Hall–Kier alpha value is -3.41. The third kappa shape index (κ3) is 4.88. The summed E-state index contributed by atoms with van der Waals surface area (Å²) in [6.07, 6.45) is 3.34. The number of nitrogens with one attached hydrogen (secondary N) is 1. The monoisotopic (exact) mass is 529 g/mol. The zero-order chi connectivity index (χ0) is 24.6. The fourth-order valence-corrected chi connectivity index (χ4v) is 5.94. The maximum Gasteiger partial charge on any atom is 0.263 e. The molecule has 180 valence electrons. The lowest BCUT2D eigenvalue weighted by Gasteiger charge is -2.34. The molecular weight excluding hydrogens is 510 g/mol. The van der Waals surface area contributed by atoms with Crippen LogP contribution in [0.2, 0.25) is 5.02 Å². The van der Waals surface area contributed by atoms with Crippen molar-refractivity contribution in [2.75, 3.05) is 29.3 Å². The minimum absolute atomic E-state index is 0.0461. The second-order valence-corrected chi connectivity index (χ2v) is 11.0. The molecule has 0 aliphatic carbocycles. The zero-order valence-corrected chi connectivity index (χ0v) is 20.7. The van der Waals surface area contributed by atoms with E-state index in [-0.39, 0.29) is 34.9 Å². The van der Waals surface area contributed by atoms with E-state index in [1.807, 2.05) is 29.0 Å². The Morgan fingerprint density at radius 2 is 1.91 bits per heavy atom. The molecule has 0 radical (unpaired) electrons. The summed E-state index contributed by atoms with van der Waals surface area (Å²) in [6, 6.07) is 13.4. The van der Waals surface area contributed by atoms with Crippen molar-refractivity contribution in [2.24, 2.45) is 0 Å². The van der Waals surface area contributed by atoms with Crippen LogP contribution in [0.4, 0.5) is 10.8 Å². The first kappa shape index (κ1) is 23.3. The number of carbonyl (C=O) groups is 2. The number of anilines is 2. The van der Waals surface area contributed by atoms with E-state index in [0.29, 0.717) is 23.8 Å². The fourth-order valence-electron chi connectivity index (χ4n) is 3.97. The molecule has 1 N–H and O–H groups in total. The van der Waals surface area contributed by atoms with Crippen LogP contribution < -0.4 is 9.62 Å². The number of thiazole rings is 1. The molecule has 9 nitrogen and oxygen atoms in total. The van der Waals surface area contributed by atoms with Crippen molar-refractivity contribution in [1.82, 2.24) is 14.5 Å². The summed E-state index contributed by atoms with van der Waals surface area (Å²) in [5.41, 5.74) is 1.47. The van der Waals surface area contributed by atoms with E-state index in [1.165, 1.54) is 34.6 Å². The van der Waals surface area contributed by atoms with Gasteiger partial charge in [0.2, 0.25) is 11.8 Å². The molecule has 35 heavy (non-hydrogen) atoms.